The normalized spacial score (nSPS) is 13.4. The summed E-state index contributed by atoms with van der Waals surface area (Å²) in [6.45, 7) is 13.1. The van der Waals surface area contributed by atoms with Gasteiger partial charge in [-0.05, 0) is 56.5 Å². The molecule has 0 radical (unpaired) electrons. The topological polar surface area (TPSA) is 29.9 Å². The molecule has 0 saturated carbocycles. The lowest BCUT2D eigenvalue weighted by atomic mass is 10.1. The van der Waals surface area contributed by atoms with Crippen molar-refractivity contribution < 1.29 is 0 Å². The van der Waals surface area contributed by atoms with E-state index in [4.69, 9.17) is 0 Å². The number of aromatic nitrogens is 2. The zero-order valence-electron chi connectivity index (χ0n) is 12.7. The van der Waals surface area contributed by atoms with E-state index in [9.17, 15) is 0 Å². The van der Waals surface area contributed by atoms with E-state index in [1.165, 1.54) is 16.6 Å². The zero-order chi connectivity index (χ0) is 14.0. The number of hydrogen-bond donors (Lipinski definition) is 1. The van der Waals surface area contributed by atoms with Crippen LogP contribution in [0, 0.1) is 19.8 Å². The molecule has 3 nitrogen and oxygen atoms in total. The van der Waals surface area contributed by atoms with Gasteiger partial charge in [0.1, 0.15) is 0 Å². The first kappa shape index (κ1) is 14.1. The maximum absolute atomic E-state index is 4.52. The summed E-state index contributed by atoms with van der Waals surface area (Å²) in [6, 6.07) is 4.84. The van der Waals surface area contributed by atoms with Gasteiger partial charge in [0.25, 0.3) is 0 Å². The second-order valence-corrected chi connectivity index (χ2v) is 5.98. The number of nitrogens with one attached hydrogen (secondary N) is 1. The highest BCUT2D eigenvalue weighted by Crippen LogP contribution is 2.21. The average molecular weight is 259 g/mol. The quantitative estimate of drug-likeness (QED) is 0.891. The van der Waals surface area contributed by atoms with Crippen molar-refractivity contribution in [3.63, 3.8) is 0 Å². The van der Waals surface area contributed by atoms with Crippen molar-refractivity contribution in [3.8, 4) is 0 Å². The molecule has 0 aliphatic rings. The van der Waals surface area contributed by atoms with Crippen molar-refractivity contribution >= 4 is 11.0 Å². The zero-order valence-corrected chi connectivity index (χ0v) is 12.7. The van der Waals surface area contributed by atoms with Gasteiger partial charge in [-0.25, -0.2) is 4.98 Å². The summed E-state index contributed by atoms with van der Waals surface area (Å²) in [6.07, 6.45) is 1.96. The smallest absolute Gasteiger partial charge is 0.0961 e. The minimum atomic E-state index is 0.422. The lowest BCUT2D eigenvalue weighted by Gasteiger charge is -2.16. The van der Waals surface area contributed by atoms with Gasteiger partial charge in [-0.15, -0.1) is 0 Å². The van der Waals surface area contributed by atoms with Crippen molar-refractivity contribution in [2.75, 3.05) is 13.1 Å². The van der Waals surface area contributed by atoms with E-state index in [-0.39, 0.29) is 0 Å². The van der Waals surface area contributed by atoms with Gasteiger partial charge in [0.15, 0.2) is 0 Å². The molecule has 1 unspecified atom stereocenters. The Morgan fingerprint density at radius 3 is 2.47 bits per heavy atom. The fraction of sp³-hybridized carbons (Fsp3) is 0.562. The van der Waals surface area contributed by atoms with Crippen LogP contribution in [0.1, 0.15) is 37.9 Å². The molecule has 0 saturated heterocycles. The summed E-state index contributed by atoms with van der Waals surface area (Å²) in [5.74, 6) is 0.691. The van der Waals surface area contributed by atoms with Crippen molar-refractivity contribution in [2.45, 2.75) is 40.7 Å². The highest BCUT2D eigenvalue weighted by Gasteiger charge is 2.10. The molecule has 104 valence electrons. The van der Waals surface area contributed by atoms with Crippen molar-refractivity contribution in [1.29, 1.82) is 0 Å². The minimum Gasteiger partial charge on any atom is -0.326 e. The molecule has 0 amide bonds. The molecule has 0 spiro atoms. The van der Waals surface area contributed by atoms with E-state index in [1.54, 1.807) is 0 Å². The summed E-state index contributed by atoms with van der Waals surface area (Å²) in [4.78, 5) is 4.52. The SMILES string of the molecule is Cc1cc2ncn(C(C)CNCC(C)C)c2cc1C. The minimum absolute atomic E-state index is 0.422. The molecule has 1 aromatic heterocycles. The van der Waals surface area contributed by atoms with Gasteiger partial charge >= 0.3 is 0 Å². The van der Waals surface area contributed by atoms with Crippen molar-refractivity contribution in [2.24, 2.45) is 5.92 Å². The molecule has 19 heavy (non-hydrogen) atoms. The largest absolute Gasteiger partial charge is 0.326 e. The van der Waals surface area contributed by atoms with Crippen LogP contribution in [0.3, 0.4) is 0 Å². The van der Waals surface area contributed by atoms with E-state index in [1.807, 2.05) is 6.33 Å². The van der Waals surface area contributed by atoms with Crippen LogP contribution in [0.5, 0.6) is 0 Å². The standard InChI is InChI=1S/C16H25N3/c1-11(2)8-17-9-14(5)19-10-18-15-6-12(3)13(4)7-16(15)19/h6-7,10-11,14,17H,8-9H2,1-5H3. The van der Waals surface area contributed by atoms with E-state index in [0.29, 0.717) is 12.0 Å². The number of imidazole rings is 1. The summed E-state index contributed by atoms with van der Waals surface area (Å²) >= 11 is 0. The molecular formula is C16H25N3. The van der Waals surface area contributed by atoms with Gasteiger partial charge in [-0.2, -0.15) is 0 Å². The first-order valence-corrected chi connectivity index (χ1v) is 7.13. The number of fused-ring (bicyclic) bond motifs is 1. The van der Waals surface area contributed by atoms with E-state index in [2.05, 4.69) is 61.6 Å². The predicted molar refractivity (Wildman–Crippen MR) is 81.6 cm³/mol. The fourth-order valence-corrected chi connectivity index (χ4v) is 2.31. The summed E-state index contributed by atoms with van der Waals surface area (Å²) in [5.41, 5.74) is 4.97. The molecule has 1 aromatic carbocycles. The lowest BCUT2D eigenvalue weighted by Crippen LogP contribution is -2.26. The van der Waals surface area contributed by atoms with Crippen LogP contribution in [0.2, 0.25) is 0 Å². The maximum Gasteiger partial charge on any atom is 0.0961 e. The second kappa shape index (κ2) is 5.74. The van der Waals surface area contributed by atoms with Crippen LogP contribution in [-0.4, -0.2) is 22.6 Å². The van der Waals surface area contributed by atoms with E-state index >= 15 is 0 Å². The first-order valence-electron chi connectivity index (χ1n) is 7.13. The van der Waals surface area contributed by atoms with Crippen LogP contribution in [0.15, 0.2) is 18.5 Å². The second-order valence-electron chi connectivity index (χ2n) is 5.98. The van der Waals surface area contributed by atoms with E-state index < -0.39 is 0 Å². The third-order valence-corrected chi connectivity index (χ3v) is 3.66. The van der Waals surface area contributed by atoms with Crippen LogP contribution in [0.25, 0.3) is 11.0 Å². The van der Waals surface area contributed by atoms with Crippen LogP contribution >= 0.6 is 0 Å². The summed E-state index contributed by atoms with van der Waals surface area (Å²) in [5, 5.41) is 3.51. The third kappa shape index (κ3) is 3.16. The predicted octanol–water partition coefficient (Wildman–Crippen LogP) is 3.46. The van der Waals surface area contributed by atoms with Gasteiger partial charge in [-0.3, -0.25) is 0 Å². The highest BCUT2D eigenvalue weighted by molar-refractivity contribution is 5.77. The lowest BCUT2D eigenvalue weighted by molar-refractivity contribution is 0.470. The van der Waals surface area contributed by atoms with Gasteiger partial charge in [0.05, 0.1) is 17.4 Å². The van der Waals surface area contributed by atoms with Crippen LogP contribution in [-0.2, 0) is 0 Å². The van der Waals surface area contributed by atoms with E-state index in [0.717, 1.165) is 18.6 Å². The Morgan fingerprint density at radius 2 is 1.79 bits per heavy atom. The number of aryl methyl sites for hydroxylation is 2. The first-order chi connectivity index (χ1) is 8.99. The highest BCUT2D eigenvalue weighted by atomic mass is 15.1. The number of benzene rings is 1. The van der Waals surface area contributed by atoms with Gasteiger partial charge < -0.3 is 9.88 Å². The molecule has 2 rings (SSSR count). The molecule has 0 fully saturated rings. The van der Waals surface area contributed by atoms with Crippen molar-refractivity contribution in [3.05, 3.63) is 29.6 Å². The van der Waals surface area contributed by atoms with Gasteiger partial charge in [0, 0.05) is 12.6 Å². The number of rotatable bonds is 5. The Labute approximate surface area is 116 Å². The van der Waals surface area contributed by atoms with Gasteiger partial charge in [0.2, 0.25) is 0 Å². The Kier molecular flexibility index (Phi) is 4.25. The molecule has 1 N–H and O–H groups in total. The molecule has 0 aliphatic carbocycles. The molecule has 0 bridgehead atoms. The van der Waals surface area contributed by atoms with Crippen molar-refractivity contribution in [1.82, 2.24) is 14.9 Å². The van der Waals surface area contributed by atoms with Crippen LogP contribution in [0.4, 0.5) is 0 Å². The molecule has 0 aliphatic heterocycles. The maximum atomic E-state index is 4.52. The fourth-order valence-electron chi connectivity index (χ4n) is 2.31. The molecule has 2 aromatic rings. The Bertz CT molecular complexity index is 554. The van der Waals surface area contributed by atoms with Gasteiger partial charge in [-0.1, -0.05) is 13.8 Å². The number of nitrogens with zero attached hydrogens (tertiary/aromatic N) is 2. The Balaban J connectivity index is 2.18. The number of hydrogen-bond acceptors (Lipinski definition) is 2. The summed E-state index contributed by atoms with van der Waals surface area (Å²) in [7, 11) is 0. The molecule has 3 heteroatoms. The Hall–Kier alpha value is -1.35. The average Bonchev–Trinajstić information content (AvgIpc) is 2.72. The van der Waals surface area contributed by atoms with Crippen LogP contribution < -0.4 is 5.32 Å². The molecule has 1 heterocycles. The monoisotopic (exact) mass is 259 g/mol. The molecule has 1 atom stereocenters. The molecular weight excluding hydrogens is 234 g/mol. The Morgan fingerprint density at radius 1 is 1.11 bits per heavy atom. The summed E-state index contributed by atoms with van der Waals surface area (Å²) < 4.78 is 2.27. The third-order valence-electron chi connectivity index (χ3n) is 3.66.